The first kappa shape index (κ1) is 10.8. The lowest BCUT2D eigenvalue weighted by Crippen LogP contribution is -2.02. The molecule has 0 aliphatic heterocycles. The Hall–Kier alpha value is -1.32. The first-order chi connectivity index (χ1) is 6.65. The van der Waals surface area contributed by atoms with E-state index in [4.69, 9.17) is 0 Å². The maximum absolute atomic E-state index is 12.7. The van der Waals surface area contributed by atoms with Gasteiger partial charge in [0.05, 0.1) is 5.69 Å². The SMILES string of the molecule is CCCCNc1cc(F)c(F)cc1O. The van der Waals surface area contributed by atoms with E-state index < -0.39 is 11.6 Å². The van der Waals surface area contributed by atoms with Gasteiger partial charge in [-0.1, -0.05) is 13.3 Å². The van der Waals surface area contributed by atoms with E-state index in [0.717, 1.165) is 25.0 Å². The highest BCUT2D eigenvalue weighted by atomic mass is 19.2. The van der Waals surface area contributed by atoms with Crippen LogP contribution in [0.3, 0.4) is 0 Å². The monoisotopic (exact) mass is 201 g/mol. The van der Waals surface area contributed by atoms with Gasteiger partial charge in [0.2, 0.25) is 0 Å². The van der Waals surface area contributed by atoms with Gasteiger partial charge in [-0.2, -0.15) is 0 Å². The van der Waals surface area contributed by atoms with Crippen molar-refractivity contribution in [3.63, 3.8) is 0 Å². The van der Waals surface area contributed by atoms with Crippen molar-refractivity contribution in [3.05, 3.63) is 23.8 Å². The Morgan fingerprint density at radius 2 is 1.93 bits per heavy atom. The molecule has 0 bridgehead atoms. The molecule has 2 nitrogen and oxygen atoms in total. The molecule has 4 heteroatoms. The largest absolute Gasteiger partial charge is 0.506 e. The molecule has 0 aromatic heterocycles. The molecule has 2 N–H and O–H groups in total. The molecule has 0 aliphatic rings. The van der Waals surface area contributed by atoms with Crippen molar-refractivity contribution in [1.82, 2.24) is 0 Å². The average Bonchev–Trinajstić information content (AvgIpc) is 2.14. The summed E-state index contributed by atoms with van der Waals surface area (Å²) in [6, 6.07) is 1.73. The van der Waals surface area contributed by atoms with Crippen LogP contribution in [0.25, 0.3) is 0 Å². The van der Waals surface area contributed by atoms with Crippen molar-refractivity contribution in [2.75, 3.05) is 11.9 Å². The van der Waals surface area contributed by atoms with Gasteiger partial charge in [0.1, 0.15) is 5.75 Å². The van der Waals surface area contributed by atoms with E-state index in [9.17, 15) is 13.9 Å². The van der Waals surface area contributed by atoms with Crippen LogP contribution in [-0.2, 0) is 0 Å². The quantitative estimate of drug-likeness (QED) is 0.580. The van der Waals surface area contributed by atoms with Crippen LogP contribution in [0, 0.1) is 11.6 Å². The van der Waals surface area contributed by atoms with Crippen LogP contribution >= 0.6 is 0 Å². The number of aromatic hydroxyl groups is 1. The third-order valence-electron chi connectivity index (χ3n) is 1.88. The number of phenols is 1. The molecule has 0 spiro atoms. The maximum Gasteiger partial charge on any atom is 0.162 e. The topological polar surface area (TPSA) is 32.3 Å². The molecule has 0 fully saturated rings. The second-order valence-electron chi connectivity index (χ2n) is 3.06. The van der Waals surface area contributed by atoms with E-state index in [2.05, 4.69) is 5.32 Å². The standard InChI is InChI=1S/C10H13F2NO/c1-2-3-4-13-9-5-7(11)8(12)6-10(9)14/h5-6,13-14H,2-4H2,1H3. The molecule has 1 aromatic carbocycles. The third-order valence-corrected chi connectivity index (χ3v) is 1.88. The van der Waals surface area contributed by atoms with E-state index in [1.807, 2.05) is 6.92 Å². The average molecular weight is 201 g/mol. The summed E-state index contributed by atoms with van der Waals surface area (Å²) in [4.78, 5) is 0. The number of hydrogen-bond donors (Lipinski definition) is 2. The van der Waals surface area contributed by atoms with Crippen molar-refractivity contribution >= 4 is 5.69 Å². The van der Waals surface area contributed by atoms with E-state index in [1.54, 1.807) is 0 Å². The van der Waals surface area contributed by atoms with Crippen molar-refractivity contribution in [3.8, 4) is 5.75 Å². The number of halogens is 2. The zero-order valence-corrected chi connectivity index (χ0v) is 7.98. The van der Waals surface area contributed by atoms with E-state index in [-0.39, 0.29) is 11.4 Å². The van der Waals surface area contributed by atoms with Crippen molar-refractivity contribution in [2.24, 2.45) is 0 Å². The normalized spacial score (nSPS) is 10.2. The maximum atomic E-state index is 12.7. The summed E-state index contributed by atoms with van der Waals surface area (Å²) in [7, 11) is 0. The summed E-state index contributed by atoms with van der Waals surface area (Å²) in [6.45, 7) is 2.65. The van der Waals surface area contributed by atoms with Crippen LogP contribution in [0.4, 0.5) is 14.5 Å². The molecule has 0 unspecified atom stereocenters. The molecule has 0 atom stereocenters. The van der Waals surface area contributed by atoms with Gasteiger partial charge in [-0.15, -0.1) is 0 Å². The summed E-state index contributed by atoms with van der Waals surface area (Å²) in [5.74, 6) is -2.26. The van der Waals surface area contributed by atoms with Crippen molar-refractivity contribution in [2.45, 2.75) is 19.8 Å². The summed E-state index contributed by atoms with van der Waals surface area (Å²) in [5, 5.41) is 12.1. The Labute approximate surface area is 81.6 Å². The van der Waals surface area contributed by atoms with Crippen LogP contribution in [0.1, 0.15) is 19.8 Å². The lowest BCUT2D eigenvalue weighted by Gasteiger charge is -2.07. The van der Waals surface area contributed by atoms with Gasteiger partial charge in [-0.3, -0.25) is 0 Å². The molecule has 0 heterocycles. The number of hydrogen-bond acceptors (Lipinski definition) is 2. The Bertz CT molecular complexity index is 315. The highest BCUT2D eigenvalue weighted by Gasteiger charge is 2.07. The van der Waals surface area contributed by atoms with Gasteiger partial charge in [-0.25, -0.2) is 8.78 Å². The first-order valence-corrected chi connectivity index (χ1v) is 4.57. The molecule has 0 radical (unpaired) electrons. The van der Waals surface area contributed by atoms with Crippen molar-refractivity contribution < 1.29 is 13.9 Å². The van der Waals surface area contributed by atoms with Gasteiger partial charge in [0.15, 0.2) is 11.6 Å². The van der Waals surface area contributed by atoms with Gasteiger partial charge in [0, 0.05) is 18.7 Å². The van der Waals surface area contributed by atoms with Crippen LogP contribution < -0.4 is 5.32 Å². The van der Waals surface area contributed by atoms with Crippen molar-refractivity contribution in [1.29, 1.82) is 0 Å². The minimum absolute atomic E-state index is 0.234. The van der Waals surface area contributed by atoms with E-state index >= 15 is 0 Å². The Morgan fingerprint density at radius 3 is 2.57 bits per heavy atom. The minimum Gasteiger partial charge on any atom is -0.506 e. The fraction of sp³-hybridized carbons (Fsp3) is 0.400. The zero-order chi connectivity index (χ0) is 10.6. The van der Waals surface area contributed by atoms with E-state index in [0.29, 0.717) is 6.54 Å². The molecule has 0 saturated heterocycles. The molecule has 1 rings (SSSR count). The van der Waals surface area contributed by atoms with Gasteiger partial charge < -0.3 is 10.4 Å². The summed E-state index contributed by atoms with van der Waals surface area (Å²) < 4.78 is 25.3. The number of nitrogens with one attached hydrogen (secondary N) is 1. The predicted octanol–water partition coefficient (Wildman–Crippen LogP) is 2.88. The molecule has 0 amide bonds. The van der Waals surface area contributed by atoms with E-state index in [1.165, 1.54) is 0 Å². The Morgan fingerprint density at radius 1 is 1.29 bits per heavy atom. The Kier molecular flexibility index (Phi) is 3.68. The van der Waals surface area contributed by atoms with Crippen LogP contribution in [-0.4, -0.2) is 11.7 Å². The molecule has 14 heavy (non-hydrogen) atoms. The highest BCUT2D eigenvalue weighted by molar-refractivity contribution is 5.55. The number of anilines is 1. The molecular formula is C10H13F2NO. The minimum atomic E-state index is -1.04. The summed E-state index contributed by atoms with van der Waals surface area (Å²) in [6.07, 6.45) is 1.91. The number of unbranched alkanes of at least 4 members (excludes halogenated alkanes) is 1. The zero-order valence-electron chi connectivity index (χ0n) is 7.98. The summed E-state index contributed by atoms with van der Waals surface area (Å²) >= 11 is 0. The number of phenolic OH excluding ortho intramolecular Hbond substituents is 1. The van der Waals surface area contributed by atoms with Gasteiger partial charge in [0.25, 0.3) is 0 Å². The smallest absolute Gasteiger partial charge is 0.162 e. The van der Waals surface area contributed by atoms with Crippen LogP contribution in [0.2, 0.25) is 0 Å². The van der Waals surface area contributed by atoms with Crippen LogP contribution in [0.5, 0.6) is 5.75 Å². The first-order valence-electron chi connectivity index (χ1n) is 4.57. The molecule has 0 aliphatic carbocycles. The molecule has 0 saturated carbocycles. The summed E-state index contributed by atoms with van der Waals surface area (Å²) in [5.41, 5.74) is 0.234. The van der Waals surface area contributed by atoms with Crippen LogP contribution in [0.15, 0.2) is 12.1 Å². The lowest BCUT2D eigenvalue weighted by atomic mass is 10.2. The number of rotatable bonds is 4. The second-order valence-corrected chi connectivity index (χ2v) is 3.06. The van der Waals surface area contributed by atoms with Gasteiger partial charge >= 0.3 is 0 Å². The Balaban J connectivity index is 2.72. The number of benzene rings is 1. The molecular weight excluding hydrogens is 188 g/mol. The highest BCUT2D eigenvalue weighted by Crippen LogP contribution is 2.25. The fourth-order valence-electron chi connectivity index (χ4n) is 1.08. The fourth-order valence-corrected chi connectivity index (χ4v) is 1.08. The molecule has 1 aromatic rings. The third kappa shape index (κ3) is 2.58. The second kappa shape index (κ2) is 4.79. The van der Waals surface area contributed by atoms with Gasteiger partial charge in [-0.05, 0) is 6.42 Å². The predicted molar refractivity (Wildman–Crippen MR) is 51.4 cm³/mol. The lowest BCUT2D eigenvalue weighted by molar-refractivity contribution is 0.456. The molecule has 78 valence electrons.